The highest BCUT2D eigenvalue weighted by Crippen LogP contribution is 2.29. The van der Waals surface area contributed by atoms with Crippen molar-refractivity contribution in [1.82, 2.24) is 15.6 Å². The van der Waals surface area contributed by atoms with E-state index in [1.54, 1.807) is 12.3 Å². The summed E-state index contributed by atoms with van der Waals surface area (Å²) in [5.74, 6) is 0.626. The van der Waals surface area contributed by atoms with Crippen LogP contribution in [0.25, 0.3) is 21.9 Å². The molecule has 0 radical (unpaired) electrons. The van der Waals surface area contributed by atoms with Gasteiger partial charge in [-0.05, 0) is 62.3 Å². The molecular weight excluding hydrogens is 402 g/mol. The van der Waals surface area contributed by atoms with Gasteiger partial charge >= 0.3 is 0 Å². The van der Waals surface area contributed by atoms with Crippen molar-refractivity contribution < 1.29 is 13.9 Å². The van der Waals surface area contributed by atoms with E-state index in [1.165, 1.54) is 0 Å². The van der Waals surface area contributed by atoms with Crippen molar-refractivity contribution in [3.8, 4) is 5.75 Å². The molecule has 0 aliphatic carbocycles. The fourth-order valence-electron chi connectivity index (χ4n) is 3.93. The van der Waals surface area contributed by atoms with Crippen LogP contribution in [0.3, 0.4) is 0 Å². The molecule has 0 saturated carbocycles. The smallest absolute Gasteiger partial charge is 0.267 e. The molecule has 3 heterocycles. The predicted octanol–water partition coefficient (Wildman–Crippen LogP) is 4.63. The van der Waals surface area contributed by atoms with E-state index in [4.69, 9.17) is 20.8 Å². The van der Waals surface area contributed by atoms with E-state index in [1.807, 2.05) is 36.4 Å². The van der Waals surface area contributed by atoms with Gasteiger partial charge in [-0.1, -0.05) is 17.7 Å². The molecule has 0 atom stereocenters. The number of aromatic nitrogens is 1. The number of nitrogens with one attached hydrogen (secondary N) is 3. The first-order chi connectivity index (χ1) is 14.7. The van der Waals surface area contributed by atoms with Crippen LogP contribution in [0.1, 0.15) is 28.9 Å². The predicted molar refractivity (Wildman–Crippen MR) is 117 cm³/mol. The van der Waals surface area contributed by atoms with Crippen LogP contribution in [0.15, 0.2) is 53.1 Å². The number of aromatic amines is 1. The molecule has 4 aromatic rings. The number of ether oxygens (including phenoxy) is 1. The number of rotatable bonds is 5. The Labute approximate surface area is 178 Å². The van der Waals surface area contributed by atoms with Crippen molar-refractivity contribution in [3.05, 3.63) is 65.0 Å². The van der Waals surface area contributed by atoms with Crippen molar-refractivity contribution in [2.45, 2.75) is 25.5 Å². The van der Waals surface area contributed by atoms with Gasteiger partial charge in [0, 0.05) is 32.9 Å². The summed E-state index contributed by atoms with van der Waals surface area (Å²) in [7, 11) is 0. The number of hydrogen-bond acceptors (Lipinski definition) is 4. The van der Waals surface area contributed by atoms with Crippen molar-refractivity contribution >= 4 is 39.4 Å². The Balaban J connectivity index is 1.35. The van der Waals surface area contributed by atoms with Crippen LogP contribution in [0, 0.1) is 0 Å². The first-order valence-corrected chi connectivity index (χ1v) is 10.5. The molecule has 0 unspecified atom stereocenters. The molecule has 1 amide bonds. The lowest BCUT2D eigenvalue weighted by atomic mass is 10.1. The minimum absolute atomic E-state index is 0.0838. The molecule has 154 valence electrons. The van der Waals surface area contributed by atoms with Crippen LogP contribution in [0.4, 0.5) is 0 Å². The summed E-state index contributed by atoms with van der Waals surface area (Å²) in [5.41, 5.74) is 3.10. The quantitative estimate of drug-likeness (QED) is 0.437. The van der Waals surface area contributed by atoms with Crippen molar-refractivity contribution in [2.24, 2.45) is 0 Å². The molecule has 1 aliphatic heterocycles. The second-order valence-corrected chi connectivity index (χ2v) is 8.02. The van der Waals surface area contributed by atoms with Crippen LogP contribution in [-0.4, -0.2) is 30.0 Å². The van der Waals surface area contributed by atoms with Gasteiger partial charge in [-0.15, -0.1) is 0 Å². The first-order valence-electron chi connectivity index (χ1n) is 10.1. The highest BCUT2D eigenvalue weighted by atomic mass is 35.5. The molecule has 2 aromatic carbocycles. The summed E-state index contributed by atoms with van der Waals surface area (Å²) >= 11 is 6.12. The Morgan fingerprint density at radius 2 is 2.03 bits per heavy atom. The number of benzene rings is 2. The Hall–Kier alpha value is -2.96. The molecule has 1 fully saturated rings. The molecule has 1 saturated heterocycles. The van der Waals surface area contributed by atoms with Gasteiger partial charge in [0.1, 0.15) is 23.6 Å². The van der Waals surface area contributed by atoms with Crippen LogP contribution in [0.2, 0.25) is 5.02 Å². The van der Waals surface area contributed by atoms with E-state index in [0.717, 1.165) is 53.4 Å². The average Bonchev–Trinajstić information content (AvgIpc) is 3.37. The van der Waals surface area contributed by atoms with Gasteiger partial charge < -0.3 is 24.8 Å². The maximum atomic E-state index is 12.7. The van der Waals surface area contributed by atoms with Gasteiger partial charge in [-0.2, -0.15) is 0 Å². The summed E-state index contributed by atoms with van der Waals surface area (Å²) in [6, 6.07) is 13.3. The van der Waals surface area contributed by atoms with Crippen molar-refractivity contribution in [3.63, 3.8) is 0 Å². The van der Waals surface area contributed by atoms with Gasteiger partial charge in [-0.25, -0.2) is 0 Å². The summed E-state index contributed by atoms with van der Waals surface area (Å²) in [6.07, 6.45) is 3.59. The largest absolute Gasteiger partial charge is 0.488 e. The number of H-pyrrole nitrogens is 1. The van der Waals surface area contributed by atoms with E-state index in [0.29, 0.717) is 23.1 Å². The SMILES string of the molecule is O=C(NC1CCNCC1)c1cc2c(OCc3coc4ccc(Cl)cc34)cccc2[nH]1. The number of fused-ring (bicyclic) bond motifs is 2. The second-order valence-electron chi connectivity index (χ2n) is 7.59. The minimum atomic E-state index is -0.0838. The van der Waals surface area contributed by atoms with Gasteiger partial charge in [0.05, 0.1) is 6.26 Å². The maximum Gasteiger partial charge on any atom is 0.267 e. The van der Waals surface area contributed by atoms with E-state index >= 15 is 0 Å². The molecule has 7 heteroatoms. The zero-order valence-electron chi connectivity index (χ0n) is 16.3. The third kappa shape index (κ3) is 3.76. The summed E-state index contributed by atoms with van der Waals surface area (Å²) < 4.78 is 11.7. The standard InChI is InChI=1S/C23H22ClN3O3/c24-15-4-5-22-17(10-15)14(13-30-22)12-29-21-3-1-2-19-18(21)11-20(27-19)23(28)26-16-6-8-25-9-7-16/h1-5,10-11,13,16,25,27H,6-9,12H2,(H,26,28). The molecular formula is C23H22ClN3O3. The first kappa shape index (κ1) is 19.0. The summed E-state index contributed by atoms with van der Waals surface area (Å²) in [5, 5.41) is 8.89. The fourth-order valence-corrected chi connectivity index (χ4v) is 4.10. The zero-order valence-corrected chi connectivity index (χ0v) is 17.1. The lowest BCUT2D eigenvalue weighted by molar-refractivity contribution is 0.0925. The van der Waals surface area contributed by atoms with Crippen LogP contribution < -0.4 is 15.4 Å². The Bertz CT molecular complexity index is 1210. The maximum absolute atomic E-state index is 12.7. The number of furan rings is 1. The van der Waals surface area contributed by atoms with Gasteiger partial charge in [-0.3, -0.25) is 4.79 Å². The molecule has 3 N–H and O–H groups in total. The summed E-state index contributed by atoms with van der Waals surface area (Å²) in [4.78, 5) is 15.9. The Morgan fingerprint density at radius 3 is 2.90 bits per heavy atom. The van der Waals surface area contributed by atoms with Crippen LogP contribution >= 0.6 is 11.6 Å². The normalized spacial score (nSPS) is 15.0. The Morgan fingerprint density at radius 1 is 1.17 bits per heavy atom. The Kier molecular flexibility index (Phi) is 5.11. The third-order valence-corrected chi connectivity index (χ3v) is 5.78. The molecule has 6 nitrogen and oxygen atoms in total. The molecule has 5 rings (SSSR count). The molecule has 2 aromatic heterocycles. The van der Waals surface area contributed by atoms with Crippen molar-refractivity contribution in [1.29, 1.82) is 0 Å². The van der Waals surface area contributed by atoms with Crippen LogP contribution in [-0.2, 0) is 6.61 Å². The molecule has 0 bridgehead atoms. The van der Waals surface area contributed by atoms with E-state index < -0.39 is 0 Å². The van der Waals surface area contributed by atoms with Gasteiger partial charge in [0.25, 0.3) is 5.91 Å². The highest BCUT2D eigenvalue weighted by molar-refractivity contribution is 6.31. The lowest BCUT2D eigenvalue weighted by Gasteiger charge is -2.23. The van der Waals surface area contributed by atoms with E-state index in [-0.39, 0.29) is 11.9 Å². The fraction of sp³-hybridized carbons (Fsp3) is 0.261. The number of amides is 1. The van der Waals surface area contributed by atoms with Crippen molar-refractivity contribution in [2.75, 3.05) is 13.1 Å². The molecule has 30 heavy (non-hydrogen) atoms. The molecule has 0 spiro atoms. The second kappa shape index (κ2) is 8.05. The number of halogens is 1. The highest BCUT2D eigenvalue weighted by Gasteiger charge is 2.18. The van der Waals surface area contributed by atoms with Gasteiger partial charge in [0.15, 0.2) is 0 Å². The lowest BCUT2D eigenvalue weighted by Crippen LogP contribution is -2.42. The number of carbonyl (C=O) groups excluding carboxylic acids is 1. The number of hydrogen-bond donors (Lipinski definition) is 3. The van der Waals surface area contributed by atoms with Gasteiger partial charge in [0.2, 0.25) is 0 Å². The topological polar surface area (TPSA) is 79.3 Å². The minimum Gasteiger partial charge on any atom is -0.488 e. The van der Waals surface area contributed by atoms with E-state index in [9.17, 15) is 4.79 Å². The summed E-state index contributed by atoms with van der Waals surface area (Å²) in [6.45, 7) is 2.21. The van der Waals surface area contributed by atoms with Crippen LogP contribution in [0.5, 0.6) is 5.75 Å². The monoisotopic (exact) mass is 423 g/mol. The van der Waals surface area contributed by atoms with E-state index in [2.05, 4.69) is 15.6 Å². The number of carbonyl (C=O) groups is 1. The average molecular weight is 424 g/mol. The zero-order chi connectivity index (χ0) is 20.5. The molecule has 1 aliphatic rings. The number of piperidine rings is 1. The third-order valence-electron chi connectivity index (χ3n) is 5.54.